The molecule has 1 N–H and O–H groups in total. The van der Waals surface area contributed by atoms with Gasteiger partial charge in [0.15, 0.2) is 0 Å². The summed E-state index contributed by atoms with van der Waals surface area (Å²) in [7, 11) is 1.56. The van der Waals surface area contributed by atoms with E-state index in [1.54, 1.807) is 14.0 Å². The zero-order valence-corrected chi connectivity index (χ0v) is 11.4. The van der Waals surface area contributed by atoms with E-state index in [0.717, 1.165) is 21.2 Å². The molecule has 3 nitrogen and oxygen atoms in total. The van der Waals surface area contributed by atoms with Crippen LogP contribution in [0.2, 0.25) is 0 Å². The van der Waals surface area contributed by atoms with Crippen molar-refractivity contribution in [2.24, 2.45) is 0 Å². The number of hydrogen-bond donors (Lipinski definition) is 1. The van der Waals surface area contributed by atoms with Gasteiger partial charge < -0.3 is 9.84 Å². The molecule has 0 amide bonds. The van der Waals surface area contributed by atoms with Crippen molar-refractivity contribution in [2.75, 3.05) is 7.11 Å². The lowest BCUT2D eigenvalue weighted by Crippen LogP contribution is -2.11. The molecule has 88 valence electrons. The molecule has 4 heteroatoms. The zero-order valence-electron chi connectivity index (χ0n) is 9.80. The Bertz CT molecular complexity index is 427. The number of halogens is 1. The molecule has 0 aliphatic rings. The van der Waals surface area contributed by atoms with Crippen LogP contribution in [0.25, 0.3) is 0 Å². The molecule has 0 aromatic heterocycles. The van der Waals surface area contributed by atoms with Crippen LogP contribution in [0.1, 0.15) is 29.5 Å². The van der Waals surface area contributed by atoms with Gasteiger partial charge in [0.2, 0.25) is 0 Å². The number of aliphatic carboxylic acids is 1. The summed E-state index contributed by atoms with van der Waals surface area (Å²) in [6.45, 7) is 5.46. The molecule has 1 aromatic rings. The summed E-state index contributed by atoms with van der Waals surface area (Å²) in [5, 5.41) is 9.07. The number of methoxy groups -OCH3 is 1. The minimum atomic E-state index is -0.844. The zero-order chi connectivity index (χ0) is 12.5. The Kier molecular flexibility index (Phi) is 3.97. The molecule has 0 saturated heterocycles. The number of carbonyl (C=O) groups is 1. The number of rotatable bonds is 3. The first-order valence-electron chi connectivity index (χ1n) is 4.96. The topological polar surface area (TPSA) is 46.5 Å². The smallest absolute Gasteiger partial charge is 0.310 e. The highest BCUT2D eigenvalue weighted by Crippen LogP contribution is 2.37. The van der Waals surface area contributed by atoms with Gasteiger partial charge in [0.1, 0.15) is 5.75 Å². The molecule has 1 rings (SSSR count). The summed E-state index contributed by atoms with van der Waals surface area (Å²) >= 11 is 3.43. The van der Waals surface area contributed by atoms with E-state index in [2.05, 4.69) is 15.9 Å². The minimum absolute atomic E-state index is 0.568. The van der Waals surface area contributed by atoms with Crippen molar-refractivity contribution in [3.05, 3.63) is 27.2 Å². The van der Waals surface area contributed by atoms with Gasteiger partial charge in [-0.2, -0.15) is 0 Å². The van der Waals surface area contributed by atoms with Crippen LogP contribution in [0.15, 0.2) is 10.5 Å². The third-order valence-corrected chi connectivity index (χ3v) is 3.54. The van der Waals surface area contributed by atoms with Crippen LogP contribution in [0.4, 0.5) is 0 Å². The molecule has 16 heavy (non-hydrogen) atoms. The summed E-state index contributed by atoms with van der Waals surface area (Å²) in [6.07, 6.45) is 0. The van der Waals surface area contributed by atoms with Gasteiger partial charge in [0, 0.05) is 15.6 Å². The molecule has 1 atom stereocenters. The molecule has 0 saturated carbocycles. The van der Waals surface area contributed by atoms with Crippen molar-refractivity contribution in [1.82, 2.24) is 0 Å². The predicted molar refractivity (Wildman–Crippen MR) is 66.2 cm³/mol. The Morgan fingerprint density at radius 1 is 1.50 bits per heavy atom. The maximum Gasteiger partial charge on any atom is 0.310 e. The van der Waals surface area contributed by atoms with Crippen molar-refractivity contribution >= 4 is 21.9 Å². The van der Waals surface area contributed by atoms with Gasteiger partial charge in [-0.1, -0.05) is 15.9 Å². The molecule has 1 unspecified atom stereocenters. The van der Waals surface area contributed by atoms with E-state index < -0.39 is 11.9 Å². The third kappa shape index (κ3) is 2.21. The van der Waals surface area contributed by atoms with Crippen molar-refractivity contribution in [2.45, 2.75) is 26.7 Å². The quantitative estimate of drug-likeness (QED) is 0.928. The fourth-order valence-corrected chi connectivity index (χ4v) is 2.31. The third-order valence-electron chi connectivity index (χ3n) is 2.72. The van der Waals surface area contributed by atoms with E-state index in [4.69, 9.17) is 9.84 Å². The van der Waals surface area contributed by atoms with E-state index in [9.17, 15) is 4.79 Å². The van der Waals surface area contributed by atoms with Crippen LogP contribution in [0.3, 0.4) is 0 Å². The molecular weight excluding hydrogens is 272 g/mol. The lowest BCUT2D eigenvalue weighted by Gasteiger charge is -2.18. The van der Waals surface area contributed by atoms with Crippen molar-refractivity contribution in [1.29, 1.82) is 0 Å². The van der Waals surface area contributed by atoms with Gasteiger partial charge in [0.25, 0.3) is 0 Å². The molecular formula is C12H15BrO3. The monoisotopic (exact) mass is 286 g/mol. The maximum absolute atomic E-state index is 11.0. The summed E-state index contributed by atoms with van der Waals surface area (Å²) in [4.78, 5) is 11.0. The summed E-state index contributed by atoms with van der Waals surface area (Å²) in [5.41, 5.74) is 2.59. The summed E-state index contributed by atoms with van der Waals surface area (Å²) in [6, 6.07) is 1.92. The lowest BCUT2D eigenvalue weighted by atomic mass is 9.93. The van der Waals surface area contributed by atoms with Gasteiger partial charge in [-0.3, -0.25) is 4.79 Å². The second-order valence-corrected chi connectivity index (χ2v) is 4.66. The molecule has 1 aromatic carbocycles. The number of hydrogen-bond acceptors (Lipinski definition) is 2. The van der Waals surface area contributed by atoms with E-state index in [1.165, 1.54) is 0 Å². The van der Waals surface area contributed by atoms with E-state index >= 15 is 0 Å². The van der Waals surface area contributed by atoms with Gasteiger partial charge in [-0.25, -0.2) is 0 Å². The van der Waals surface area contributed by atoms with Gasteiger partial charge in [-0.15, -0.1) is 0 Å². The van der Waals surface area contributed by atoms with Crippen LogP contribution in [0, 0.1) is 13.8 Å². The summed E-state index contributed by atoms with van der Waals surface area (Å²) in [5.74, 6) is -0.758. The van der Waals surface area contributed by atoms with Gasteiger partial charge in [0.05, 0.1) is 13.0 Å². The van der Waals surface area contributed by atoms with Crippen LogP contribution in [-0.4, -0.2) is 18.2 Å². The lowest BCUT2D eigenvalue weighted by molar-refractivity contribution is -0.138. The van der Waals surface area contributed by atoms with Crippen molar-refractivity contribution in [3.8, 4) is 5.75 Å². The second-order valence-electron chi connectivity index (χ2n) is 3.81. The van der Waals surface area contributed by atoms with Crippen LogP contribution < -0.4 is 4.74 Å². The fraction of sp³-hybridized carbons (Fsp3) is 0.417. The number of aryl methyl sites for hydroxylation is 1. The molecule has 0 aliphatic carbocycles. The number of ether oxygens (including phenoxy) is 1. The van der Waals surface area contributed by atoms with Crippen LogP contribution in [-0.2, 0) is 4.79 Å². The average Bonchev–Trinajstić information content (AvgIpc) is 2.21. The van der Waals surface area contributed by atoms with Gasteiger partial charge in [-0.05, 0) is 32.4 Å². The molecule has 0 spiro atoms. The SMILES string of the molecule is COc1c(C)c(Br)cc(C)c1C(C)C(=O)O. The number of carboxylic acids is 1. The summed E-state index contributed by atoms with van der Waals surface area (Å²) < 4.78 is 6.25. The molecule has 0 fully saturated rings. The normalized spacial score (nSPS) is 12.3. The van der Waals surface area contributed by atoms with E-state index in [0.29, 0.717) is 5.75 Å². The Labute approximate surface area is 104 Å². The first-order chi connectivity index (χ1) is 7.40. The predicted octanol–water partition coefficient (Wildman–Crippen LogP) is 3.26. The number of carboxylic acid groups (broad SMARTS) is 1. The Hall–Kier alpha value is -1.03. The Balaban J connectivity index is 3.48. The first kappa shape index (κ1) is 13.0. The van der Waals surface area contributed by atoms with E-state index in [1.807, 2.05) is 19.9 Å². The van der Waals surface area contributed by atoms with Crippen LogP contribution in [0.5, 0.6) is 5.75 Å². The van der Waals surface area contributed by atoms with Crippen molar-refractivity contribution in [3.63, 3.8) is 0 Å². The molecule has 0 heterocycles. The average molecular weight is 287 g/mol. The second kappa shape index (κ2) is 4.87. The molecule has 0 radical (unpaired) electrons. The standard InChI is InChI=1S/C12H15BrO3/c1-6-5-9(13)7(2)11(16-4)10(6)8(3)12(14)15/h5,8H,1-4H3,(H,14,15). The first-order valence-corrected chi connectivity index (χ1v) is 5.75. The maximum atomic E-state index is 11.0. The largest absolute Gasteiger partial charge is 0.496 e. The highest BCUT2D eigenvalue weighted by Gasteiger charge is 2.23. The fourth-order valence-electron chi connectivity index (χ4n) is 1.79. The Morgan fingerprint density at radius 3 is 2.50 bits per heavy atom. The molecule has 0 aliphatic heterocycles. The Morgan fingerprint density at radius 2 is 2.06 bits per heavy atom. The van der Waals surface area contributed by atoms with Crippen molar-refractivity contribution < 1.29 is 14.6 Å². The van der Waals surface area contributed by atoms with E-state index in [-0.39, 0.29) is 0 Å². The molecule has 0 bridgehead atoms. The number of benzene rings is 1. The highest BCUT2D eigenvalue weighted by molar-refractivity contribution is 9.10. The van der Waals surface area contributed by atoms with Gasteiger partial charge >= 0.3 is 5.97 Å². The highest BCUT2D eigenvalue weighted by atomic mass is 79.9. The minimum Gasteiger partial charge on any atom is -0.496 e. The van der Waals surface area contributed by atoms with Crippen LogP contribution >= 0.6 is 15.9 Å².